The zero-order chi connectivity index (χ0) is 31.2. The lowest BCUT2D eigenvalue weighted by molar-refractivity contribution is -0.130. The van der Waals surface area contributed by atoms with Crippen molar-refractivity contribution in [1.82, 2.24) is 25.1 Å². The van der Waals surface area contributed by atoms with Crippen molar-refractivity contribution in [3.05, 3.63) is 70.6 Å². The molecule has 0 unspecified atom stereocenters. The monoisotopic (exact) mass is 604 g/mol. The normalized spacial score (nSPS) is 16.3. The van der Waals surface area contributed by atoms with Crippen molar-refractivity contribution in [2.45, 2.75) is 58.8 Å². The van der Waals surface area contributed by atoms with E-state index in [-0.39, 0.29) is 18.4 Å². The van der Waals surface area contributed by atoms with Crippen LogP contribution in [0.1, 0.15) is 58.4 Å². The smallest absolute Gasteiger partial charge is 0.251 e. The molecule has 11 nitrogen and oxygen atoms in total. The first kappa shape index (κ1) is 31.5. The van der Waals surface area contributed by atoms with E-state index in [9.17, 15) is 14.7 Å². The van der Waals surface area contributed by atoms with E-state index in [4.69, 9.17) is 14.1 Å². The van der Waals surface area contributed by atoms with Gasteiger partial charge >= 0.3 is 0 Å². The largest absolute Gasteiger partial charge is 0.486 e. The third kappa shape index (κ3) is 8.15. The summed E-state index contributed by atoms with van der Waals surface area (Å²) in [5.41, 5.74) is 4.69. The molecule has 2 N–H and O–H groups in total. The van der Waals surface area contributed by atoms with Gasteiger partial charge in [0.05, 0.1) is 11.8 Å². The van der Waals surface area contributed by atoms with Crippen LogP contribution in [0.25, 0.3) is 0 Å². The molecule has 3 aromatic rings. The number of β-amino-alcohol motifs (C(OH)–C–C–N with tert-alkyl or cyclic N) is 1. The lowest BCUT2D eigenvalue weighted by Gasteiger charge is -2.31. The Hall–Kier alpha value is -3.96. The number of rotatable bonds is 11. The predicted molar refractivity (Wildman–Crippen MR) is 167 cm³/mol. The van der Waals surface area contributed by atoms with Crippen molar-refractivity contribution in [3.8, 4) is 5.75 Å². The van der Waals surface area contributed by atoms with Gasteiger partial charge in [-0.3, -0.25) is 14.5 Å². The number of carbonyl (C=O) groups is 2. The molecule has 0 radical (unpaired) electrons. The molecule has 1 fully saturated rings. The van der Waals surface area contributed by atoms with E-state index in [2.05, 4.69) is 27.3 Å². The number of amides is 2. The average molecular weight is 605 g/mol. The number of fused-ring (bicyclic) bond motifs is 1. The molecule has 44 heavy (non-hydrogen) atoms. The number of ether oxygens (including phenoxy) is 1. The van der Waals surface area contributed by atoms with Crippen LogP contribution in [-0.2, 0) is 30.8 Å². The van der Waals surface area contributed by atoms with Crippen molar-refractivity contribution < 1.29 is 23.8 Å². The topological polar surface area (TPSA) is 124 Å². The molecular formula is C33H44N6O5. The minimum absolute atomic E-state index is 0.123. The Morgan fingerprint density at radius 1 is 1.16 bits per heavy atom. The van der Waals surface area contributed by atoms with Crippen molar-refractivity contribution in [3.63, 3.8) is 0 Å². The molecule has 11 heteroatoms. The summed E-state index contributed by atoms with van der Waals surface area (Å²) >= 11 is 0. The van der Waals surface area contributed by atoms with Crippen LogP contribution in [0, 0.1) is 12.8 Å². The van der Waals surface area contributed by atoms with E-state index in [1.54, 1.807) is 13.0 Å². The van der Waals surface area contributed by atoms with Gasteiger partial charge in [-0.05, 0) is 73.9 Å². The molecule has 0 bridgehead atoms. The maximum absolute atomic E-state index is 13.2. The van der Waals surface area contributed by atoms with Crippen LogP contribution in [0.2, 0.25) is 0 Å². The Morgan fingerprint density at radius 2 is 1.95 bits per heavy atom. The number of aliphatic hydroxyl groups is 1. The standard InChI is InChI=1S/C33H44N6O5/c1-22-31(44-21-35-22)20-43-30-6-5-26-18-38(10-9-25(26)15-30)19-29(41)17-34-33(42)27-14-28(36-32(16-27)37(3)4)13-24-7-11-39(12-8-24)23(2)40/h5-6,14-16,21,24,29,41H,7-13,17-20H2,1-4H3,(H,34,42)/t29-/m0/s1. The van der Waals surface area contributed by atoms with Gasteiger partial charge in [0, 0.05) is 71.5 Å². The van der Waals surface area contributed by atoms with Gasteiger partial charge in [0.1, 0.15) is 18.2 Å². The molecular weight excluding hydrogens is 560 g/mol. The number of nitrogens with zero attached hydrogens (tertiary/aromatic N) is 5. The first-order valence-corrected chi connectivity index (χ1v) is 15.4. The SMILES string of the molecule is CC(=O)N1CCC(Cc2cc(C(=O)NC[C@H](O)CN3CCc4cc(OCc5ocnc5C)ccc4C3)cc(N(C)C)n2)CC1. The molecule has 4 heterocycles. The summed E-state index contributed by atoms with van der Waals surface area (Å²) in [5.74, 6) is 2.57. The van der Waals surface area contributed by atoms with E-state index in [0.717, 1.165) is 80.6 Å². The highest BCUT2D eigenvalue weighted by atomic mass is 16.5. The molecule has 5 rings (SSSR count). The molecule has 0 saturated carbocycles. The summed E-state index contributed by atoms with van der Waals surface area (Å²) in [6.45, 7) is 7.55. The van der Waals surface area contributed by atoms with Crippen LogP contribution in [-0.4, -0.2) is 89.6 Å². The molecule has 2 aliphatic heterocycles. The number of benzene rings is 1. The molecule has 0 aliphatic carbocycles. The second-order valence-corrected chi connectivity index (χ2v) is 12.2. The fraction of sp³-hybridized carbons (Fsp3) is 0.515. The third-order valence-corrected chi connectivity index (χ3v) is 8.59. The van der Waals surface area contributed by atoms with Crippen molar-refractivity contribution in [2.75, 3.05) is 51.7 Å². The number of aliphatic hydroxyl groups excluding tert-OH is 1. The minimum atomic E-state index is -0.700. The second-order valence-electron chi connectivity index (χ2n) is 12.2. The Morgan fingerprint density at radius 3 is 2.66 bits per heavy atom. The average Bonchev–Trinajstić information content (AvgIpc) is 3.43. The van der Waals surface area contributed by atoms with Gasteiger partial charge in [-0.25, -0.2) is 9.97 Å². The van der Waals surface area contributed by atoms with E-state index in [1.807, 2.05) is 43.0 Å². The molecule has 2 aromatic heterocycles. The number of oxazole rings is 1. The summed E-state index contributed by atoms with van der Waals surface area (Å²) < 4.78 is 11.3. The van der Waals surface area contributed by atoms with Crippen molar-refractivity contribution in [2.24, 2.45) is 5.92 Å². The van der Waals surface area contributed by atoms with Gasteiger partial charge < -0.3 is 29.4 Å². The highest BCUT2D eigenvalue weighted by Crippen LogP contribution is 2.26. The van der Waals surface area contributed by atoms with E-state index in [0.29, 0.717) is 24.6 Å². The van der Waals surface area contributed by atoms with Crippen LogP contribution in [0.5, 0.6) is 5.75 Å². The van der Waals surface area contributed by atoms with Crippen LogP contribution >= 0.6 is 0 Å². The fourth-order valence-electron chi connectivity index (χ4n) is 5.91. The van der Waals surface area contributed by atoms with Crippen LogP contribution < -0.4 is 15.0 Å². The van der Waals surface area contributed by atoms with Gasteiger partial charge in [0.15, 0.2) is 12.2 Å². The Kier molecular flexibility index (Phi) is 10.2. The molecule has 2 aliphatic rings. The summed E-state index contributed by atoms with van der Waals surface area (Å²) in [5, 5.41) is 13.7. The number of nitrogens with one attached hydrogen (secondary N) is 1. The number of anilines is 1. The van der Waals surface area contributed by atoms with Crippen molar-refractivity contribution >= 4 is 17.6 Å². The number of aromatic nitrogens is 2. The lowest BCUT2D eigenvalue weighted by atomic mass is 9.91. The summed E-state index contributed by atoms with van der Waals surface area (Å²) in [6, 6.07) is 9.77. The van der Waals surface area contributed by atoms with Crippen LogP contribution in [0.3, 0.4) is 0 Å². The first-order chi connectivity index (χ1) is 21.1. The number of hydrogen-bond acceptors (Lipinski definition) is 9. The number of hydrogen-bond donors (Lipinski definition) is 2. The minimum Gasteiger partial charge on any atom is -0.486 e. The number of piperidine rings is 1. The highest BCUT2D eigenvalue weighted by Gasteiger charge is 2.23. The third-order valence-electron chi connectivity index (χ3n) is 8.59. The maximum Gasteiger partial charge on any atom is 0.251 e. The number of likely N-dealkylation sites (tertiary alicyclic amines) is 1. The van der Waals surface area contributed by atoms with Crippen molar-refractivity contribution in [1.29, 1.82) is 0 Å². The van der Waals surface area contributed by atoms with Gasteiger partial charge in [-0.15, -0.1) is 0 Å². The van der Waals surface area contributed by atoms with E-state index < -0.39 is 6.10 Å². The summed E-state index contributed by atoms with van der Waals surface area (Å²) in [4.78, 5) is 39.7. The molecule has 1 atom stereocenters. The number of pyridine rings is 1. The number of carbonyl (C=O) groups excluding carboxylic acids is 2. The molecule has 2 amide bonds. The van der Waals surface area contributed by atoms with Gasteiger partial charge in [0.2, 0.25) is 5.91 Å². The maximum atomic E-state index is 13.2. The quantitative estimate of drug-likeness (QED) is 0.340. The highest BCUT2D eigenvalue weighted by molar-refractivity contribution is 5.95. The fourth-order valence-corrected chi connectivity index (χ4v) is 5.91. The molecule has 1 saturated heterocycles. The Bertz CT molecular complexity index is 1450. The molecule has 0 spiro atoms. The summed E-state index contributed by atoms with van der Waals surface area (Å²) in [6.07, 6.45) is 4.21. The van der Waals surface area contributed by atoms with Crippen LogP contribution in [0.15, 0.2) is 41.1 Å². The van der Waals surface area contributed by atoms with Gasteiger partial charge in [-0.2, -0.15) is 0 Å². The Balaban J connectivity index is 1.11. The van der Waals surface area contributed by atoms with E-state index in [1.165, 1.54) is 17.5 Å². The summed E-state index contributed by atoms with van der Waals surface area (Å²) in [7, 11) is 3.82. The lowest BCUT2D eigenvalue weighted by Crippen LogP contribution is -2.42. The number of aryl methyl sites for hydroxylation is 1. The zero-order valence-electron chi connectivity index (χ0n) is 26.2. The Labute approximate surface area is 259 Å². The zero-order valence-corrected chi connectivity index (χ0v) is 26.2. The van der Waals surface area contributed by atoms with E-state index >= 15 is 0 Å². The predicted octanol–water partition coefficient (Wildman–Crippen LogP) is 2.97. The van der Waals surface area contributed by atoms with Gasteiger partial charge in [-0.1, -0.05) is 6.07 Å². The molecule has 1 aromatic carbocycles. The molecule has 236 valence electrons. The first-order valence-electron chi connectivity index (χ1n) is 15.4. The van der Waals surface area contributed by atoms with Gasteiger partial charge in [0.25, 0.3) is 5.91 Å². The van der Waals surface area contributed by atoms with Crippen LogP contribution in [0.4, 0.5) is 5.82 Å². The second kappa shape index (κ2) is 14.2.